The maximum absolute atomic E-state index is 12.3. The van der Waals surface area contributed by atoms with E-state index in [4.69, 9.17) is 15.2 Å². The predicted octanol–water partition coefficient (Wildman–Crippen LogP) is 2.07. The number of nitrogens with zero attached hydrogens (tertiary/aromatic N) is 1. The Bertz CT molecular complexity index is 480. The molecule has 1 aromatic rings. The number of hydrogen-bond acceptors (Lipinski definition) is 5. The molecule has 1 unspecified atom stereocenters. The average Bonchev–Trinajstić information content (AvgIpc) is 2.78. The van der Waals surface area contributed by atoms with Gasteiger partial charge in [0.1, 0.15) is 12.6 Å². The molecule has 0 bridgehead atoms. The van der Waals surface area contributed by atoms with E-state index in [1.165, 1.54) is 6.07 Å². The summed E-state index contributed by atoms with van der Waals surface area (Å²) in [5.74, 6) is 0.248. The number of aliphatic imine (C=N–C) groups is 1. The lowest BCUT2D eigenvalue weighted by molar-refractivity contribution is -0.0514. The molecule has 7 heteroatoms. The van der Waals surface area contributed by atoms with Crippen molar-refractivity contribution in [2.75, 3.05) is 13.2 Å². The van der Waals surface area contributed by atoms with E-state index >= 15 is 0 Å². The highest BCUT2D eigenvalue weighted by atomic mass is 19.3. The summed E-state index contributed by atoms with van der Waals surface area (Å²) in [5, 5.41) is 0. The van der Waals surface area contributed by atoms with Crippen molar-refractivity contribution in [3.63, 3.8) is 0 Å². The summed E-state index contributed by atoms with van der Waals surface area (Å²) in [6.45, 7) is -0.469. The Morgan fingerprint density at radius 2 is 2.26 bits per heavy atom. The van der Waals surface area contributed by atoms with Gasteiger partial charge >= 0.3 is 6.61 Å². The Morgan fingerprint density at radius 3 is 2.84 bits per heavy atom. The van der Waals surface area contributed by atoms with Gasteiger partial charge in [0.2, 0.25) is 0 Å². The van der Waals surface area contributed by atoms with Crippen LogP contribution < -0.4 is 15.2 Å². The van der Waals surface area contributed by atoms with E-state index in [9.17, 15) is 8.78 Å². The second-order valence-corrected chi connectivity index (χ2v) is 3.81. The first-order chi connectivity index (χ1) is 9.10. The zero-order valence-electron chi connectivity index (χ0n) is 10.3. The average molecular weight is 272 g/mol. The predicted molar refractivity (Wildman–Crippen MR) is 64.6 cm³/mol. The first-order valence-corrected chi connectivity index (χ1v) is 5.77. The molecule has 0 amide bonds. The highest BCUT2D eigenvalue weighted by Crippen LogP contribution is 2.33. The number of amidine groups is 1. The van der Waals surface area contributed by atoms with Gasteiger partial charge in [-0.15, -0.1) is 0 Å². The van der Waals surface area contributed by atoms with Gasteiger partial charge in [-0.05, 0) is 24.6 Å². The Labute approximate surface area is 109 Å². The summed E-state index contributed by atoms with van der Waals surface area (Å²) in [6.07, 6.45) is 0. The van der Waals surface area contributed by atoms with Crippen molar-refractivity contribution in [3.05, 3.63) is 23.8 Å². The summed E-state index contributed by atoms with van der Waals surface area (Å²) in [5.41, 5.74) is 6.20. The van der Waals surface area contributed by atoms with E-state index in [-0.39, 0.29) is 23.6 Å². The highest BCUT2D eigenvalue weighted by Gasteiger charge is 2.21. The first kappa shape index (κ1) is 13.4. The minimum atomic E-state index is -2.89. The lowest BCUT2D eigenvalue weighted by Crippen LogP contribution is -2.10. The van der Waals surface area contributed by atoms with E-state index in [2.05, 4.69) is 9.73 Å². The summed E-state index contributed by atoms with van der Waals surface area (Å²) in [4.78, 5) is 4.08. The molecule has 1 atom stereocenters. The third-order valence-electron chi connectivity index (χ3n) is 2.54. The number of benzene rings is 1. The van der Waals surface area contributed by atoms with Crippen LogP contribution in [0.5, 0.6) is 11.5 Å². The molecule has 0 saturated heterocycles. The standard InChI is InChI=1S/C12H14F2N2O3/c1-2-17-10-5-7(8-6-18-12(15)16-8)3-4-9(10)19-11(13)14/h3-5,8,11H,2,6H2,1H3,(H2,15,16). The Hall–Kier alpha value is -2.05. The summed E-state index contributed by atoms with van der Waals surface area (Å²) < 4.78 is 39.2. The molecule has 0 spiro atoms. The van der Waals surface area contributed by atoms with Crippen LogP contribution in [-0.4, -0.2) is 25.8 Å². The van der Waals surface area contributed by atoms with E-state index < -0.39 is 6.61 Å². The van der Waals surface area contributed by atoms with Crippen molar-refractivity contribution in [2.24, 2.45) is 10.7 Å². The van der Waals surface area contributed by atoms with Gasteiger partial charge in [-0.3, -0.25) is 0 Å². The molecule has 0 fully saturated rings. The number of alkyl halides is 2. The number of halogens is 2. The third-order valence-corrected chi connectivity index (χ3v) is 2.54. The van der Waals surface area contributed by atoms with Crippen molar-refractivity contribution in [1.82, 2.24) is 0 Å². The molecule has 1 aliphatic rings. The number of nitrogens with two attached hydrogens (primary N) is 1. The number of rotatable bonds is 5. The second kappa shape index (κ2) is 5.73. The molecule has 0 aliphatic carbocycles. The molecule has 2 rings (SSSR count). The van der Waals surface area contributed by atoms with Gasteiger partial charge in [0.05, 0.1) is 6.61 Å². The number of ether oxygens (including phenoxy) is 3. The molecular weight excluding hydrogens is 258 g/mol. The van der Waals surface area contributed by atoms with Crippen LogP contribution in [0.2, 0.25) is 0 Å². The Kier molecular flexibility index (Phi) is 4.03. The molecule has 0 radical (unpaired) electrons. The van der Waals surface area contributed by atoms with Crippen molar-refractivity contribution in [3.8, 4) is 11.5 Å². The van der Waals surface area contributed by atoms with Gasteiger partial charge in [-0.2, -0.15) is 8.78 Å². The fourth-order valence-electron chi connectivity index (χ4n) is 1.76. The van der Waals surface area contributed by atoms with Crippen LogP contribution in [0.3, 0.4) is 0 Å². The molecule has 1 heterocycles. The molecule has 19 heavy (non-hydrogen) atoms. The summed E-state index contributed by atoms with van der Waals surface area (Å²) >= 11 is 0. The SMILES string of the molecule is CCOc1cc(C2COC(N)=N2)ccc1OC(F)F. The van der Waals surface area contributed by atoms with Crippen LogP contribution in [-0.2, 0) is 4.74 Å². The van der Waals surface area contributed by atoms with Gasteiger partial charge in [0.15, 0.2) is 11.5 Å². The summed E-state index contributed by atoms with van der Waals surface area (Å²) in [6, 6.07) is 4.54. The maximum atomic E-state index is 12.3. The van der Waals surface area contributed by atoms with E-state index in [0.717, 1.165) is 5.56 Å². The quantitative estimate of drug-likeness (QED) is 0.891. The first-order valence-electron chi connectivity index (χ1n) is 5.77. The van der Waals surface area contributed by atoms with E-state index in [1.54, 1.807) is 19.1 Å². The molecular formula is C12H14F2N2O3. The number of hydrogen-bond donors (Lipinski definition) is 1. The van der Waals surface area contributed by atoms with Crippen molar-refractivity contribution < 1.29 is 23.0 Å². The second-order valence-electron chi connectivity index (χ2n) is 3.81. The molecule has 0 saturated carbocycles. The van der Waals surface area contributed by atoms with E-state index in [1.807, 2.05) is 0 Å². The Balaban J connectivity index is 2.25. The van der Waals surface area contributed by atoms with Gasteiger partial charge < -0.3 is 19.9 Å². The van der Waals surface area contributed by atoms with Crippen LogP contribution in [0.4, 0.5) is 8.78 Å². The normalized spacial score (nSPS) is 18.1. The molecule has 2 N–H and O–H groups in total. The Morgan fingerprint density at radius 1 is 1.47 bits per heavy atom. The molecule has 104 valence electrons. The zero-order valence-corrected chi connectivity index (χ0v) is 10.3. The van der Waals surface area contributed by atoms with Gasteiger partial charge in [0, 0.05) is 0 Å². The van der Waals surface area contributed by atoms with Crippen LogP contribution in [0.25, 0.3) is 0 Å². The minimum Gasteiger partial charge on any atom is -0.490 e. The van der Waals surface area contributed by atoms with Crippen molar-refractivity contribution >= 4 is 6.02 Å². The fourth-order valence-corrected chi connectivity index (χ4v) is 1.76. The molecule has 1 aliphatic heterocycles. The van der Waals surface area contributed by atoms with Gasteiger partial charge in [-0.1, -0.05) is 6.07 Å². The van der Waals surface area contributed by atoms with Crippen molar-refractivity contribution in [1.29, 1.82) is 0 Å². The van der Waals surface area contributed by atoms with Crippen LogP contribution >= 0.6 is 0 Å². The van der Waals surface area contributed by atoms with Gasteiger partial charge in [-0.25, -0.2) is 4.99 Å². The molecule has 0 aromatic heterocycles. The molecule has 1 aromatic carbocycles. The fraction of sp³-hybridized carbons (Fsp3) is 0.417. The third kappa shape index (κ3) is 3.24. The van der Waals surface area contributed by atoms with Crippen LogP contribution in [0.15, 0.2) is 23.2 Å². The highest BCUT2D eigenvalue weighted by molar-refractivity contribution is 5.73. The largest absolute Gasteiger partial charge is 0.490 e. The van der Waals surface area contributed by atoms with Crippen molar-refractivity contribution in [2.45, 2.75) is 19.6 Å². The van der Waals surface area contributed by atoms with Crippen LogP contribution in [0.1, 0.15) is 18.5 Å². The van der Waals surface area contributed by atoms with E-state index in [0.29, 0.717) is 13.2 Å². The smallest absolute Gasteiger partial charge is 0.387 e. The van der Waals surface area contributed by atoms with Gasteiger partial charge in [0.25, 0.3) is 6.02 Å². The lowest BCUT2D eigenvalue weighted by Gasteiger charge is -2.13. The lowest BCUT2D eigenvalue weighted by atomic mass is 10.1. The topological polar surface area (TPSA) is 66.1 Å². The zero-order chi connectivity index (χ0) is 13.8. The monoisotopic (exact) mass is 272 g/mol. The summed E-state index contributed by atoms with van der Waals surface area (Å²) in [7, 11) is 0. The van der Waals surface area contributed by atoms with Crippen LogP contribution in [0, 0.1) is 0 Å². The minimum absolute atomic E-state index is 0.00327. The maximum Gasteiger partial charge on any atom is 0.387 e. The molecule has 5 nitrogen and oxygen atoms in total.